The highest BCUT2D eigenvalue weighted by atomic mass is 32.2. The smallest absolute Gasteiger partial charge is 0.234 e. The second kappa shape index (κ2) is 12.0. The molecule has 1 N–H and O–H groups in total. The van der Waals surface area contributed by atoms with Crippen molar-refractivity contribution in [3.05, 3.63) is 84.4 Å². The number of rotatable bonds is 9. The Bertz CT molecular complexity index is 1430. The summed E-state index contributed by atoms with van der Waals surface area (Å²) < 4.78 is 15.8. The molecule has 4 rings (SSSR count). The molecule has 0 fully saturated rings. The normalized spacial score (nSPS) is 10.3. The maximum atomic E-state index is 12.7. The van der Waals surface area contributed by atoms with E-state index in [4.69, 9.17) is 19.2 Å². The van der Waals surface area contributed by atoms with E-state index >= 15 is 0 Å². The van der Waals surface area contributed by atoms with Gasteiger partial charge in [-0.1, -0.05) is 30.0 Å². The average Bonchev–Trinajstić information content (AvgIpc) is 2.95. The van der Waals surface area contributed by atoms with Gasteiger partial charge in [-0.05, 0) is 60.2 Å². The van der Waals surface area contributed by atoms with Crippen molar-refractivity contribution in [2.75, 3.05) is 32.4 Å². The Hall–Kier alpha value is -4.48. The van der Waals surface area contributed by atoms with Crippen molar-refractivity contribution in [3.8, 4) is 45.7 Å². The number of aromatic nitrogens is 1. The first-order valence-corrected chi connectivity index (χ1v) is 12.3. The third-order valence-electron chi connectivity index (χ3n) is 5.58. The maximum absolute atomic E-state index is 12.7. The number of hydrogen-bond donors (Lipinski definition) is 1. The summed E-state index contributed by atoms with van der Waals surface area (Å²) in [5, 5.41) is 13.4. The number of nitrogens with one attached hydrogen (secondary N) is 1. The topological polar surface area (TPSA) is 93.5 Å². The molecule has 37 heavy (non-hydrogen) atoms. The number of amides is 1. The molecular formula is C29H25N3O4S. The first-order chi connectivity index (χ1) is 18.0. The van der Waals surface area contributed by atoms with Crippen LogP contribution in [0.4, 0.5) is 5.69 Å². The largest absolute Gasteiger partial charge is 0.497 e. The van der Waals surface area contributed by atoms with E-state index in [1.165, 1.54) is 11.8 Å². The molecule has 0 aliphatic heterocycles. The average molecular weight is 512 g/mol. The van der Waals surface area contributed by atoms with Gasteiger partial charge in [-0.2, -0.15) is 5.26 Å². The van der Waals surface area contributed by atoms with Gasteiger partial charge in [0.15, 0.2) is 0 Å². The maximum Gasteiger partial charge on any atom is 0.234 e. The van der Waals surface area contributed by atoms with Crippen molar-refractivity contribution >= 4 is 23.4 Å². The summed E-state index contributed by atoms with van der Waals surface area (Å²) in [6.07, 6.45) is 0. The zero-order chi connectivity index (χ0) is 26.2. The van der Waals surface area contributed by atoms with Crippen LogP contribution in [0.1, 0.15) is 5.56 Å². The molecule has 8 heteroatoms. The number of carbonyl (C=O) groups excluding carboxylic acids is 1. The van der Waals surface area contributed by atoms with Crippen molar-refractivity contribution < 1.29 is 19.0 Å². The third-order valence-corrected chi connectivity index (χ3v) is 6.55. The number of benzene rings is 3. The molecule has 186 valence electrons. The van der Waals surface area contributed by atoms with Crippen LogP contribution in [-0.2, 0) is 4.79 Å². The van der Waals surface area contributed by atoms with Gasteiger partial charge in [0.05, 0.1) is 38.3 Å². The Morgan fingerprint density at radius 2 is 1.49 bits per heavy atom. The Kier molecular flexibility index (Phi) is 8.29. The van der Waals surface area contributed by atoms with Crippen LogP contribution < -0.4 is 19.5 Å². The van der Waals surface area contributed by atoms with E-state index in [1.54, 1.807) is 45.6 Å². The minimum Gasteiger partial charge on any atom is -0.497 e. The molecule has 0 unspecified atom stereocenters. The molecule has 1 amide bonds. The third kappa shape index (κ3) is 6.21. The fourth-order valence-corrected chi connectivity index (χ4v) is 4.48. The van der Waals surface area contributed by atoms with Gasteiger partial charge in [0, 0.05) is 22.9 Å². The number of pyridine rings is 1. The SMILES string of the molecule is COc1ccc(-c2cc(-c3ccc(OC)cc3)c(C#N)c(SCC(=O)Nc3cccc(OC)c3)n2)cc1. The predicted octanol–water partition coefficient (Wildman–Crippen LogP) is 6.04. The number of nitriles is 1. The Morgan fingerprint density at radius 1 is 0.865 bits per heavy atom. The van der Waals surface area contributed by atoms with Crippen LogP contribution in [0.25, 0.3) is 22.4 Å². The highest BCUT2D eigenvalue weighted by Gasteiger charge is 2.17. The molecule has 0 saturated heterocycles. The fourth-order valence-electron chi connectivity index (χ4n) is 3.67. The van der Waals surface area contributed by atoms with Gasteiger partial charge >= 0.3 is 0 Å². The number of methoxy groups -OCH3 is 3. The highest BCUT2D eigenvalue weighted by Crippen LogP contribution is 2.35. The molecule has 1 heterocycles. The molecule has 0 aliphatic rings. The molecule has 3 aromatic carbocycles. The van der Waals surface area contributed by atoms with Gasteiger partial charge in [-0.25, -0.2) is 4.98 Å². The zero-order valence-electron chi connectivity index (χ0n) is 20.6. The number of carbonyl (C=O) groups is 1. The number of nitrogens with zero attached hydrogens (tertiary/aromatic N) is 2. The summed E-state index contributed by atoms with van der Waals surface area (Å²) in [5.74, 6) is 1.96. The summed E-state index contributed by atoms with van der Waals surface area (Å²) in [5.41, 5.74) is 4.15. The molecule has 0 saturated carbocycles. The molecular weight excluding hydrogens is 486 g/mol. The minimum atomic E-state index is -0.218. The van der Waals surface area contributed by atoms with E-state index < -0.39 is 0 Å². The van der Waals surface area contributed by atoms with Crippen LogP contribution in [0.15, 0.2) is 83.9 Å². The zero-order valence-corrected chi connectivity index (χ0v) is 21.5. The number of anilines is 1. The van der Waals surface area contributed by atoms with Crippen LogP contribution in [-0.4, -0.2) is 38.0 Å². The van der Waals surface area contributed by atoms with Gasteiger partial charge in [-0.15, -0.1) is 0 Å². The van der Waals surface area contributed by atoms with Gasteiger partial charge in [-0.3, -0.25) is 4.79 Å². The molecule has 0 radical (unpaired) electrons. The Morgan fingerprint density at radius 3 is 2.08 bits per heavy atom. The van der Waals surface area contributed by atoms with Crippen molar-refractivity contribution in [2.45, 2.75) is 5.03 Å². The van der Waals surface area contributed by atoms with Gasteiger partial charge in [0.1, 0.15) is 28.3 Å². The molecule has 4 aromatic rings. The molecule has 7 nitrogen and oxygen atoms in total. The van der Waals surface area contributed by atoms with Crippen molar-refractivity contribution in [1.29, 1.82) is 5.26 Å². The van der Waals surface area contributed by atoms with E-state index in [9.17, 15) is 10.1 Å². The lowest BCUT2D eigenvalue weighted by molar-refractivity contribution is -0.113. The second-order valence-electron chi connectivity index (χ2n) is 7.87. The lowest BCUT2D eigenvalue weighted by Crippen LogP contribution is -2.14. The first kappa shape index (κ1) is 25.6. The molecule has 0 atom stereocenters. The highest BCUT2D eigenvalue weighted by molar-refractivity contribution is 8.00. The standard InChI is InChI=1S/C29H25N3O4S/c1-34-22-11-7-19(8-12-22)25-16-27(20-9-13-23(35-2)14-10-20)32-29(26(25)17-30)37-18-28(33)31-21-5-4-6-24(15-21)36-3/h4-16H,18H2,1-3H3,(H,31,33). The van der Waals surface area contributed by atoms with Gasteiger partial charge in [0.25, 0.3) is 0 Å². The minimum absolute atomic E-state index is 0.0764. The van der Waals surface area contributed by atoms with E-state index in [0.29, 0.717) is 27.7 Å². The Balaban J connectivity index is 1.68. The quantitative estimate of drug-likeness (QED) is 0.274. The fraction of sp³-hybridized carbons (Fsp3) is 0.138. The summed E-state index contributed by atoms with van der Waals surface area (Å²) in [6.45, 7) is 0. The molecule has 1 aromatic heterocycles. The summed E-state index contributed by atoms with van der Waals surface area (Å²) in [7, 11) is 4.79. The van der Waals surface area contributed by atoms with Crippen LogP contribution in [0, 0.1) is 11.3 Å². The lowest BCUT2D eigenvalue weighted by atomic mass is 9.99. The monoisotopic (exact) mass is 511 g/mol. The number of hydrogen-bond acceptors (Lipinski definition) is 7. The van der Waals surface area contributed by atoms with E-state index in [0.717, 1.165) is 28.2 Å². The van der Waals surface area contributed by atoms with Crippen LogP contribution >= 0.6 is 11.8 Å². The molecule has 0 spiro atoms. The van der Waals surface area contributed by atoms with E-state index in [-0.39, 0.29) is 11.7 Å². The van der Waals surface area contributed by atoms with E-state index in [1.807, 2.05) is 54.6 Å². The predicted molar refractivity (Wildman–Crippen MR) is 145 cm³/mol. The summed E-state index contributed by atoms with van der Waals surface area (Å²) in [4.78, 5) is 17.5. The van der Waals surface area contributed by atoms with Crippen molar-refractivity contribution in [2.24, 2.45) is 0 Å². The van der Waals surface area contributed by atoms with Crippen LogP contribution in [0.2, 0.25) is 0 Å². The van der Waals surface area contributed by atoms with E-state index in [2.05, 4.69) is 11.4 Å². The van der Waals surface area contributed by atoms with Crippen molar-refractivity contribution in [3.63, 3.8) is 0 Å². The molecule has 0 aliphatic carbocycles. The van der Waals surface area contributed by atoms with Gasteiger partial charge < -0.3 is 19.5 Å². The van der Waals surface area contributed by atoms with Crippen LogP contribution in [0.3, 0.4) is 0 Å². The first-order valence-electron chi connectivity index (χ1n) is 11.3. The lowest BCUT2D eigenvalue weighted by Gasteiger charge is -2.13. The van der Waals surface area contributed by atoms with Gasteiger partial charge in [0.2, 0.25) is 5.91 Å². The second-order valence-corrected chi connectivity index (χ2v) is 8.84. The number of ether oxygens (including phenoxy) is 3. The van der Waals surface area contributed by atoms with Crippen molar-refractivity contribution in [1.82, 2.24) is 4.98 Å². The molecule has 0 bridgehead atoms. The number of thioether (sulfide) groups is 1. The summed E-state index contributed by atoms with van der Waals surface area (Å²) in [6, 6.07) is 26.4. The van der Waals surface area contributed by atoms with Crippen LogP contribution in [0.5, 0.6) is 17.2 Å². The Labute approximate surface area is 220 Å². The summed E-state index contributed by atoms with van der Waals surface area (Å²) >= 11 is 1.22.